The summed E-state index contributed by atoms with van der Waals surface area (Å²) in [6, 6.07) is 9.32. The third kappa shape index (κ3) is 6.70. The van der Waals surface area contributed by atoms with Crippen LogP contribution in [-0.2, 0) is 29.2 Å². The third-order valence-electron chi connectivity index (χ3n) is 3.43. The molecule has 24 heavy (non-hydrogen) atoms. The summed E-state index contributed by atoms with van der Waals surface area (Å²) in [7, 11) is -1.46. The number of rotatable bonds is 12. The fourth-order valence-corrected chi connectivity index (χ4v) is 4.79. The molecule has 1 rings (SSSR count). The lowest BCUT2D eigenvalue weighted by atomic mass is 10.1. The maximum absolute atomic E-state index is 12.1. The Balaban J connectivity index is 2.81. The molecule has 1 atom stereocenters. The summed E-state index contributed by atoms with van der Waals surface area (Å²) in [5.74, 6) is -0.314. The highest BCUT2D eigenvalue weighted by Gasteiger charge is 2.41. The van der Waals surface area contributed by atoms with Crippen LogP contribution in [0.25, 0.3) is 0 Å². The van der Waals surface area contributed by atoms with Crippen molar-refractivity contribution in [1.29, 1.82) is 0 Å². The number of hydrogen-bond acceptors (Lipinski definition) is 6. The maximum atomic E-state index is 12.1. The second kappa shape index (κ2) is 11.3. The van der Waals surface area contributed by atoms with Gasteiger partial charge in [0.15, 0.2) is 0 Å². The number of nitrogens with one attached hydrogen (secondary N) is 1. The molecule has 0 spiro atoms. The normalized spacial score (nSPS) is 12.8. The standard InChI is InChI=1S/C17H29NO5Si/c1-5-21-24(22-6-2,23-7-3)14-18-16(17(19)20-4)13-15-11-9-8-10-12-15/h8-12,16,18H,5-7,13-14H2,1-4H3. The van der Waals surface area contributed by atoms with Crippen LogP contribution in [0.2, 0.25) is 0 Å². The second-order valence-corrected chi connectivity index (χ2v) is 7.71. The largest absolute Gasteiger partial charge is 0.515 e. The first-order chi connectivity index (χ1) is 11.6. The van der Waals surface area contributed by atoms with Gasteiger partial charge in [-0.25, -0.2) is 0 Å². The van der Waals surface area contributed by atoms with Crippen LogP contribution in [-0.4, -0.2) is 53.9 Å². The Labute approximate surface area is 145 Å². The van der Waals surface area contributed by atoms with Gasteiger partial charge in [-0.2, -0.15) is 0 Å². The smallest absolute Gasteiger partial charge is 0.468 e. The van der Waals surface area contributed by atoms with Crippen molar-refractivity contribution in [2.75, 3.05) is 33.1 Å². The minimum absolute atomic E-state index is 0.314. The average molecular weight is 356 g/mol. The number of hydrogen-bond donors (Lipinski definition) is 1. The summed E-state index contributed by atoms with van der Waals surface area (Å²) in [6.45, 7) is 7.20. The van der Waals surface area contributed by atoms with Gasteiger partial charge in [-0.15, -0.1) is 0 Å². The summed E-state index contributed by atoms with van der Waals surface area (Å²) in [4.78, 5) is 12.1. The minimum atomic E-state index is -2.85. The highest BCUT2D eigenvalue weighted by Crippen LogP contribution is 2.11. The van der Waals surface area contributed by atoms with Gasteiger partial charge in [-0.1, -0.05) is 30.3 Å². The Morgan fingerprint density at radius 1 is 1.04 bits per heavy atom. The first-order valence-corrected chi connectivity index (χ1v) is 10.3. The third-order valence-corrected chi connectivity index (χ3v) is 6.25. The number of methoxy groups -OCH3 is 1. The molecule has 7 heteroatoms. The van der Waals surface area contributed by atoms with Crippen LogP contribution in [0.3, 0.4) is 0 Å². The molecule has 0 radical (unpaired) electrons. The van der Waals surface area contributed by atoms with Crippen molar-refractivity contribution >= 4 is 14.8 Å². The van der Waals surface area contributed by atoms with E-state index in [2.05, 4.69) is 5.32 Å². The Hall–Kier alpha value is -1.25. The summed E-state index contributed by atoms with van der Waals surface area (Å²) >= 11 is 0. The van der Waals surface area contributed by atoms with Crippen LogP contribution >= 0.6 is 0 Å². The molecule has 136 valence electrons. The lowest BCUT2D eigenvalue weighted by molar-refractivity contribution is -0.143. The number of carbonyl (C=O) groups excluding carboxylic acids is 1. The molecule has 0 fully saturated rings. The van der Waals surface area contributed by atoms with Crippen molar-refractivity contribution in [2.24, 2.45) is 0 Å². The lowest BCUT2D eigenvalue weighted by Crippen LogP contribution is -2.57. The van der Waals surface area contributed by atoms with Crippen LogP contribution in [0.4, 0.5) is 0 Å². The predicted octanol–water partition coefficient (Wildman–Crippen LogP) is 1.95. The van der Waals surface area contributed by atoms with Gasteiger partial charge in [0, 0.05) is 19.8 Å². The topological polar surface area (TPSA) is 66.0 Å². The van der Waals surface area contributed by atoms with E-state index >= 15 is 0 Å². The van der Waals surface area contributed by atoms with Gasteiger partial charge in [0.2, 0.25) is 0 Å². The van der Waals surface area contributed by atoms with Crippen molar-refractivity contribution in [3.05, 3.63) is 35.9 Å². The van der Waals surface area contributed by atoms with Crippen LogP contribution < -0.4 is 5.32 Å². The molecule has 0 bridgehead atoms. The van der Waals surface area contributed by atoms with Gasteiger partial charge < -0.3 is 23.3 Å². The molecule has 1 unspecified atom stereocenters. The second-order valence-electron chi connectivity index (χ2n) is 5.13. The van der Waals surface area contributed by atoms with E-state index in [1.54, 1.807) is 0 Å². The first-order valence-electron chi connectivity index (χ1n) is 8.37. The average Bonchev–Trinajstić information content (AvgIpc) is 2.59. The summed E-state index contributed by atoms with van der Waals surface area (Å²) in [6.07, 6.45) is 0.886. The van der Waals surface area contributed by atoms with Crippen LogP contribution in [0.1, 0.15) is 26.3 Å². The molecule has 0 saturated heterocycles. The molecule has 1 N–H and O–H groups in total. The fourth-order valence-electron chi connectivity index (χ4n) is 2.42. The summed E-state index contributed by atoms with van der Waals surface area (Å²) < 4.78 is 22.3. The van der Waals surface area contributed by atoms with Crippen molar-refractivity contribution < 1.29 is 22.8 Å². The molecule has 0 aromatic heterocycles. The van der Waals surface area contributed by atoms with Gasteiger partial charge in [0.25, 0.3) is 0 Å². The fraction of sp³-hybridized carbons (Fsp3) is 0.588. The molecule has 0 saturated carbocycles. The molecule has 0 aliphatic carbocycles. The van der Waals surface area contributed by atoms with Gasteiger partial charge in [0.1, 0.15) is 6.04 Å². The Morgan fingerprint density at radius 2 is 1.58 bits per heavy atom. The van der Waals surface area contributed by atoms with Crippen molar-refractivity contribution in [2.45, 2.75) is 33.2 Å². The molecule has 1 aromatic rings. The van der Waals surface area contributed by atoms with E-state index in [0.29, 0.717) is 32.4 Å². The van der Waals surface area contributed by atoms with Crippen LogP contribution in [0, 0.1) is 0 Å². The minimum Gasteiger partial charge on any atom is -0.468 e. The SMILES string of the molecule is CCO[Si](CNC(Cc1ccccc1)C(=O)OC)(OCC)OCC. The van der Waals surface area contributed by atoms with E-state index in [1.165, 1.54) is 7.11 Å². The molecule has 0 amide bonds. The zero-order valence-corrected chi connectivity index (χ0v) is 16.0. The highest BCUT2D eigenvalue weighted by molar-refractivity contribution is 6.61. The van der Waals surface area contributed by atoms with E-state index < -0.39 is 14.8 Å². The summed E-state index contributed by atoms with van der Waals surface area (Å²) in [5.41, 5.74) is 1.05. The predicted molar refractivity (Wildman–Crippen MR) is 94.6 cm³/mol. The number of benzene rings is 1. The number of ether oxygens (including phenoxy) is 1. The lowest BCUT2D eigenvalue weighted by Gasteiger charge is -2.30. The molecule has 0 heterocycles. The number of esters is 1. The quantitative estimate of drug-likeness (QED) is 0.457. The molecule has 1 aromatic carbocycles. The zero-order valence-electron chi connectivity index (χ0n) is 15.0. The molecule has 6 nitrogen and oxygen atoms in total. The summed E-state index contributed by atoms with van der Waals surface area (Å²) in [5, 5.41) is 3.23. The molecule has 0 aliphatic rings. The van der Waals surface area contributed by atoms with Crippen molar-refractivity contribution in [3.63, 3.8) is 0 Å². The monoisotopic (exact) mass is 355 g/mol. The highest BCUT2D eigenvalue weighted by atomic mass is 28.4. The van der Waals surface area contributed by atoms with Gasteiger partial charge in [-0.3, -0.25) is 4.79 Å². The van der Waals surface area contributed by atoms with Crippen molar-refractivity contribution in [1.82, 2.24) is 5.32 Å². The Kier molecular flexibility index (Phi) is 9.81. The van der Waals surface area contributed by atoms with E-state index in [4.69, 9.17) is 18.0 Å². The van der Waals surface area contributed by atoms with E-state index in [9.17, 15) is 4.79 Å². The van der Waals surface area contributed by atoms with E-state index in [0.717, 1.165) is 5.56 Å². The van der Waals surface area contributed by atoms with E-state index in [-0.39, 0.29) is 5.97 Å². The van der Waals surface area contributed by atoms with Gasteiger partial charge in [-0.05, 0) is 32.8 Å². The van der Waals surface area contributed by atoms with Gasteiger partial charge in [0.05, 0.1) is 13.3 Å². The zero-order chi connectivity index (χ0) is 17.8. The van der Waals surface area contributed by atoms with Crippen LogP contribution in [0.15, 0.2) is 30.3 Å². The number of carbonyl (C=O) groups is 1. The molecular formula is C17H29NO5Si. The van der Waals surface area contributed by atoms with Crippen LogP contribution in [0.5, 0.6) is 0 Å². The Bertz CT molecular complexity index is 454. The van der Waals surface area contributed by atoms with Crippen molar-refractivity contribution in [3.8, 4) is 0 Å². The maximum Gasteiger partial charge on any atom is 0.515 e. The molecular weight excluding hydrogens is 326 g/mol. The van der Waals surface area contributed by atoms with E-state index in [1.807, 2.05) is 51.1 Å². The van der Waals surface area contributed by atoms with Gasteiger partial charge >= 0.3 is 14.8 Å². The first kappa shape index (κ1) is 20.8. The Morgan fingerprint density at radius 3 is 2.04 bits per heavy atom. The molecule has 0 aliphatic heterocycles.